The lowest BCUT2D eigenvalue weighted by atomic mass is 10.1. The van der Waals surface area contributed by atoms with Crippen molar-refractivity contribution in [3.63, 3.8) is 0 Å². The Morgan fingerprint density at radius 2 is 1.63 bits per heavy atom. The molecular weight excluding hydrogens is 462 g/mol. The molecule has 5 rings (SSSR count). The Balaban J connectivity index is 1.40. The third-order valence-electron chi connectivity index (χ3n) is 6.05. The molecule has 5 aromatic rings. The molecule has 1 N–H and O–H groups in total. The fourth-order valence-corrected chi connectivity index (χ4v) is 4.42. The first-order chi connectivity index (χ1) is 17.1. The van der Waals surface area contributed by atoms with Gasteiger partial charge in [0.05, 0.1) is 10.9 Å². The summed E-state index contributed by atoms with van der Waals surface area (Å²) in [6, 6.07) is 24.9. The first kappa shape index (κ1) is 22.8. The average Bonchev–Trinajstić information content (AvgIpc) is 3.31. The van der Waals surface area contributed by atoms with E-state index < -0.39 is 0 Å². The summed E-state index contributed by atoms with van der Waals surface area (Å²) in [6.45, 7) is 0.842. The second kappa shape index (κ2) is 10.1. The fraction of sp³-hybridized carbons (Fsp3) is 0.185. The zero-order valence-electron chi connectivity index (χ0n) is 19.0. The van der Waals surface area contributed by atoms with Gasteiger partial charge in [-0.3, -0.25) is 18.6 Å². The van der Waals surface area contributed by atoms with Crippen molar-refractivity contribution >= 4 is 34.2 Å². The van der Waals surface area contributed by atoms with Gasteiger partial charge >= 0.3 is 0 Å². The highest BCUT2D eigenvalue weighted by molar-refractivity contribution is 6.31. The Morgan fingerprint density at radius 1 is 0.886 bits per heavy atom. The molecule has 0 aliphatic rings. The molecule has 0 bridgehead atoms. The van der Waals surface area contributed by atoms with Crippen LogP contribution in [0.3, 0.4) is 0 Å². The van der Waals surface area contributed by atoms with Gasteiger partial charge in [0.25, 0.3) is 5.56 Å². The van der Waals surface area contributed by atoms with Crippen LogP contribution in [0.15, 0.2) is 83.7 Å². The van der Waals surface area contributed by atoms with Crippen molar-refractivity contribution < 1.29 is 4.79 Å². The van der Waals surface area contributed by atoms with E-state index in [4.69, 9.17) is 11.6 Å². The van der Waals surface area contributed by atoms with E-state index in [0.29, 0.717) is 47.9 Å². The van der Waals surface area contributed by atoms with Crippen LogP contribution in [-0.4, -0.2) is 25.1 Å². The van der Waals surface area contributed by atoms with Gasteiger partial charge in [0.2, 0.25) is 11.7 Å². The number of rotatable bonds is 8. The molecule has 1 amide bonds. The van der Waals surface area contributed by atoms with Gasteiger partial charge in [-0.05, 0) is 35.7 Å². The summed E-state index contributed by atoms with van der Waals surface area (Å²) in [7, 11) is 0. The molecule has 0 fully saturated rings. The molecule has 0 saturated carbocycles. The maximum Gasteiger partial charge on any atom is 0.262 e. The van der Waals surface area contributed by atoms with Gasteiger partial charge < -0.3 is 5.32 Å². The molecule has 0 spiro atoms. The molecule has 7 nitrogen and oxygen atoms in total. The van der Waals surface area contributed by atoms with E-state index in [0.717, 1.165) is 16.6 Å². The molecule has 3 aromatic carbocycles. The SMILES string of the molecule is O=C(CCc1nnc2n(CCc3ccccc3)c(=O)c3ccccc3n12)NCc1ccccc1Cl. The number of nitrogens with one attached hydrogen (secondary N) is 1. The Hall–Kier alpha value is -3.97. The largest absolute Gasteiger partial charge is 0.352 e. The van der Waals surface area contributed by atoms with Crippen LogP contribution in [0.25, 0.3) is 16.7 Å². The summed E-state index contributed by atoms with van der Waals surface area (Å²) in [4.78, 5) is 25.8. The normalized spacial score (nSPS) is 11.2. The third-order valence-corrected chi connectivity index (χ3v) is 6.42. The van der Waals surface area contributed by atoms with Crippen molar-refractivity contribution in [2.45, 2.75) is 32.4 Å². The molecule has 8 heteroatoms. The highest BCUT2D eigenvalue weighted by Gasteiger charge is 2.17. The van der Waals surface area contributed by atoms with Crippen molar-refractivity contribution in [1.82, 2.24) is 24.5 Å². The van der Waals surface area contributed by atoms with Gasteiger partial charge in [-0.2, -0.15) is 0 Å². The number of amides is 1. The van der Waals surface area contributed by atoms with E-state index in [1.807, 2.05) is 77.2 Å². The molecule has 0 unspecified atom stereocenters. The number of carbonyl (C=O) groups excluding carboxylic acids is 1. The number of nitrogens with zero attached hydrogens (tertiary/aromatic N) is 4. The number of para-hydroxylation sites is 1. The lowest BCUT2D eigenvalue weighted by Crippen LogP contribution is -2.25. The van der Waals surface area contributed by atoms with Crippen molar-refractivity contribution in [1.29, 1.82) is 0 Å². The Bertz CT molecular complexity index is 1560. The van der Waals surface area contributed by atoms with Crippen molar-refractivity contribution in [3.05, 3.63) is 111 Å². The van der Waals surface area contributed by atoms with E-state index in [1.165, 1.54) is 0 Å². The predicted molar refractivity (Wildman–Crippen MR) is 137 cm³/mol. The molecule has 0 aliphatic heterocycles. The molecule has 2 aromatic heterocycles. The maximum atomic E-state index is 13.3. The van der Waals surface area contributed by atoms with Gasteiger partial charge in [0.15, 0.2) is 0 Å². The summed E-state index contributed by atoms with van der Waals surface area (Å²) >= 11 is 6.18. The molecule has 2 heterocycles. The minimum absolute atomic E-state index is 0.0968. The molecule has 176 valence electrons. The van der Waals surface area contributed by atoms with Crippen LogP contribution in [0.5, 0.6) is 0 Å². The zero-order valence-corrected chi connectivity index (χ0v) is 19.8. The van der Waals surface area contributed by atoms with Crippen LogP contribution >= 0.6 is 11.6 Å². The van der Waals surface area contributed by atoms with Crippen molar-refractivity contribution in [2.24, 2.45) is 0 Å². The quantitative estimate of drug-likeness (QED) is 0.357. The van der Waals surface area contributed by atoms with Gasteiger partial charge in [-0.25, -0.2) is 0 Å². The van der Waals surface area contributed by atoms with Crippen LogP contribution in [-0.2, 0) is 30.7 Å². The highest BCUT2D eigenvalue weighted by atomic mass is 35.5. The Morgan fingerprint density at radius 3 is 2.46 bits per heavy atom. The predicted octanol–water partition coefficient (Wildman–Crippen LogP) is 4.19. The summed E-state index contributed by atoms with van der Waals surface area (Å²) in [5, 5.41) is 12.8. The summed E-state index contributed by atoms with van der Waals surface area (Å²) in [5.41, 5.74) is 2.64. The number of aryl methyl sites for hydroxylation is 3. The van der Waals surface area contributed by atoms with Crippen molar-refractivity contribution in [2.75, 3.05) is 0 Å². The number of fused-ring (bicyclic) bond motifs is 3. The smallest absolute Gasteiger partial charge is 0.262 e. The van der Waals surface area contributed by atoms with E-state index in [2.05, 4.69) is 15.5 Å². The number of benzene rings is 3. The van der Waals surface area contributed by atoms with Crippen LogP contribution in [0.4, 0.5) is 0 Å². The van der Waals surface area contributed by atoms with Gasteiger partial charge in [-0.1, -0.05) is 72.3 Å². The van der Waals surface area contributed by atoms with E-state index >= 15 is 0 Å². The summed E-state index contributed by atoms with van der Waals surface area (Å²) < 4.78 is 3.56. The minimum atomic E-state index is -0.108. The Labute approximate surface area is 207 Å². The molecular formula is C27H24ClN5O2. The van der Waals surface area contributed by atoms with Gasteiger partial charge in [0, 0.05) is 31.0 Å². The minimum Gasteiger partial charge on any atom is -0.352 e. The number of carbonyl (C=O) groups is 1. The molecule has 0 radical (unpaired) electrons. The lowest BCUT2D eigenvalue weighted by molar-refractivity contribution is -0.121. The number of hydrogen-bond acceptors (Lipinski definition) is 4. The third kappa shape index (κ3) is 4.81. The highest BCUT2D eigenvalue weighted by Crippen LogP contribution is 2.17. The van der Waals surface area contributed by atoms with Crippen LogP contribution in [0.2, 0.25) is 5.02 Å². The molecule has 0 atom stereocenters. The topological polar surface area (TPSA) is 81.3 Å². The van der Waals surface area contributed by atoms with E-state index in [9.17, 15) is 9.59 Å². The van der Waals surface area contributed by atoms with Gasteiger partial charge in [-0.15, -0.1) is 10.2 Å². The first-order valence-electron chi connectivity index (χ1n) is 11.5. The van der Waals surface area contributed by atoms with Crippen LogP contribution < -0.4 is 10.9 Å². The molecule has 35 heavy (non-hydrogen) atoms. The fourth-order valence-electron chi connectivity index (χ4n) is 4.21. The Kier molecular flexibility index (Phi) is 6.59. The average molecular weight is 486 g/mol. The van der Waals surface area contributed by atoms with Gasteiger partial charge in [0.1, 0.15) is 5.82 Å². The number of hydrogen-bond donors (Lipinski definition) is 1. The molecule has 0 saturated heterocycles. The molecule has 0 aliphatic carbocycles. The van der Waals surface area contributed by atoms with Crippen LogP contribution in [0.1, 0.15) is 23.4 Å². The number of aromatic nitrogens is 4. The van der Waals surface area contributed by atoms with E-state index in [-0.39, 0.29) is 17.9 Å². The van der Waals surface area contributed by atoms with Crippen molar-refractivity contribution in [3.8, 4) is 0 Å². The standard InChI is InChI=1S/C27H24ClN5O2/c28-22-12-6-4-10-20(22)18-29-25(34)15-14-24-30-31-27-32(17-16-19-8-2-1-3-9-19)26(35)21-11-5-7-13-23(21)33(24)27/h1-13H,14-18H2,(H,29,34). The monoisotopic (exact) mass is 485 g/mol. The maximum absolute atomic E-state index is 13.3. The number of halogens is 1. The second-order valence-corrected chi connectivity index (χ2v) is 8.74. The zero-order chi connectivity index (χ0) is 24.2. The lowest BCUT2D eigenvalue weighted by Gasteiger charge is -2.12. The summed E-state index contributed by atoms with van der Waals surface area (Å²) in [6.07, 6.45) is 1.32. The van der Waals surface area contributed by atoms with E-state index in [1.54, 1.807) is 10.6 Å². The van der Waals surface area contributed by atoms with Crippen LogP contribution in [0, 0.1) is 0 Å². The summed E-state index contributed by atoms with van der Waals surface area (Å²) in [5.74, 6) is 1.01. The first-order valence-corrected chi connectivity index (χ1v) is 11.9. The second-order valence-electron chi connectivity index (χ2n) is 8.33.